The second-order valence-corrected chi connectivity index (χ2v) is 8.28. The molecule has 6 nitrogen and oxygen atoms in total. The Balaban J connectivity index is 1.85. The van der Waals surface area contributed by atoms with Crippen molar-refractivity contribution >= 4 is 5.97 Å². The number of aliphatic hydroxyl groups is 2. The van der Waals surface area contributed by atoms with Gasteiger partial charge >= 0.3 is 5.97 Å². The van der Waals surface area contributed by atoms with Crippen molar-refractivity contribution < 1.29 is 19.8 Å². The number of nitrogens with zero attached hydrogens (tertiary/aromatic N) is 2. The average molecular weight is 469 g/mol. The van der Waals surface area contributed by atoms with Gasteiger partial charge in [0.1, 0.15) is 18.1 Å². The molecule has 0 aliphatic carbocycles. The first kappa shape index (κ1) is 24.3. The lowest BCUT2D eigenvalue weighted by atomic mass is 9.65. The summed E-state index contributed by atoms with van der Waals surface area (Å²) in [4.78, 5) is 22.3. The summed E-state index contributed by atoms with van der Waals surface area (Å²) in [5.74, 6) is -0.775. The summed E-state index contributed by atoms with van der Waals surface area (Å²) >= 11 is 0. The Morgan fingerprint density at radius 2 is 1.14 bits per heavy atom. The highest BCUT2D eigenvalue weighted by molar-refractivity contribution is 5.87. The Morgan fingerprint density at radius 1 is 0.714 bits per heavy atom. The first-order chi connectivity index (χ1) is 16.9. The average Bonchev–Trinajstić information content (AvgIpc) is 2.89. The molecule has 0 aliphatic heterocycles. The van der Waals surface area contributed by atoms with E-state index in [1.807, 2.05) is 60.7 Å². The van der Waals surface area contributed by atoms with Crippen molar-refractivity contribution in [3.8, 4) is 0 Å². The molecule has 6 heteroatoms. The van der Waals surface area contributed by atoms with E-state index in [0.717, 1.165) is 27.3 Å². The van der Waals surface area contributed by atoms with Gasteiger partial charge in [0.15, 0.2) is 0 Å². The second-order valence-electron chi connectivity index (χ2n) is 8.28. The molecule has 0 aliphatic rings. The van der Waals surface area contributed by atoms with Gasteiger partial charge in [-0.15, -0.1) is 0 Å². The van der Waals surface area contributed by atoms with Gasteiger partial charge in [-0.1, -0.05) is 102 Å². The van der Waals surface area contributed by atoms with Crippen LogP contribution in [0.4, 0.5) is 0 Å². The minimum atomic E-state index is -1.18. The van der Waals surface area contributed by atoms with Gasteiger partial charge in [-0.2, -0.15) is 0 Å². The minimum Gasteiger partial charge on any atom is -0.375 e. The summed E-state index contributed by atoms with van der Waals surface area (Å²) in [5, 5.41) is 20.4. The highest BCUT2D eigenvalue weighted by Crippen LogP contribution is 2.44. The van der Waals surface area contributed by atoms with E-state index < -0.39 is 23.8 Å². The molecule has 0 fully saturated rings. The highest BCUT2D eigenvalue weighted by atomic mass is 16.7. The molecule has 4 rings (SSSR count). The maximum atomic E-state index is 12.7. The van der Waals surface area contributed by atoms with Crippen molar-refractivity contribution in [2.24, 2.45) is 0 Å². The fourth-order valence-corrected chi connectivity index (χ4v) is 4.41. The Kier molecular flexibility index (Phi) is 7.36. The normalized spacial score (nSPS) is 13.3. The SMILES string of the molecule is CC(O)N(OC(=O)c1ccc(C(c2ccccc2)(c2ccccc2)c2ccccc2)cn1)C(C)O. The quantitative estimate of drug-likeness (QED) is 0.225. The van der Waals surface area contributed by atoms with Crippen molar-refractivity contribution in [3.63, 3.8) is 0 Å². The number of carbonyl (C=O) groups excluding carboxylic acids is 1. The Hall–Kier alpha value is -3.84. The van der Waals surface area contributed by atoms with Gasteiger partial charge in [0.2, 0.25) is 0 Å². The van der Waals surface area contributed by atoms with E-state index >= 15 is 0 Å². The summed E-state index contributed by atoms with van der Waals surface area (Å²) in [6.07, 6.45) is -0.682. The first-order valence-corrected chi connectivity index (χ1v) is 11.4. The Labute approximate surface area is 205 Å². The van der Waals surface area contributed by atoms with E-state index in [-0.39, 0.29) is 5.69 Å². The molecule has 35 heavy (non-hydrogen) atoms. The molecule has 1 aromatic heterocycles. The second kappa shape index (κ2) is 10.6. The van der Waals surface area contributed by atoms with Crippen LogP contribution in [-0.4, -0.2) is 38.7 Å². The van der Waals surface area contributed by atoms with Crippen LogP contribution in [0.25, 0.3) is 0 Å². The third-order valence-electron chi connectivity index (χ3n) is 5.95. The molecule has 3 aromatic carbocycles. The third-order valence-corrected chi connectivity index (χ3v) is 5.95. The topological polar surface area (TPSA) is 82.9 Å². The number of aromatic nitrogens is 1. The fraction of sp³-hybridized carbons (Fsp3) is 0.172. The van der Waals surface area contributed by atoms with Gasteiger partial charge in [0.05, 0.1) is 5.41 Å². The van der Waals surface area contributed by atoms with E-state index in [9.17, 15) is 15.0 Å². The van der Waals surface area contributed by atoms with Gasteiger partial charge in [-0.3, -0.25) is 0 Å². The van der Waals surface area contributed by atoms with E-state index in [2.05, 4.69) is 41.4 Å². The molecule has 0 spiro atoms. The monoisotopic (exact) mass is 468 g/mol. The van der Waals surface area contributed by atoms with Crippen LogP contribution >= 0.6 is 0 Å². The molecule has 4 aromatic rings. The molecular weight excluding hydrogens is 440 g/mol. The highest BCUT2D eigenvalue weighted by Gasteiger charge is 2.38. The maximum Gasteiger partial charge on any atom is 0.375 e. The number of aliphatic hydroxyl groups excluding tert-OH is 2. The zero-order valence-electron chi connectivity index (χ0n) is 19.7. The van der Waals surface area contributed by atoms with Gasteiger partial charge in [-0.25, -0.2) is 9.78 Å². The zero-order valence-corrected chi connectivity index (χ0v) is 19.7. The van der Waals surface area contributed by atoms with Gasteiger partial charge in [0, 0.05) is 6.20 Å². The van der Waals surface area contributed by atoms with Gasteiger partial charge in [-0.05, 0) is 42.2 Å². The smallest absolute Gasteiger partial charge is 0.375 e. The van der Waals surface area contributed by atoms with Crippen molar-refractivity contribution in [1.29, 1.82) is 0 Å². The standard InChI is InChI=1S/C29H28N2O4/c1-21(32)31(22(2)33)35-28(34)27-19-18-26(20-30-27)29(23-12-6-3-7-13-23,24-14-8-4-9-15-24)25-16-10-5-11-17-25/h3-22,32-33H,1-2H3. The summed E-state index contributed by atoms with van der Waals surface area (Å²) in [6, 6.07) is 34.0. The van der Waals surface area contributed by atoms with Crippen LogP contribution < -0.4 is 0 Å². The maximum absolute atomic E-state index is 12.7. The van der Waals surface area contributed by atoms with Crippen molar-refractivity contribution in [2.45, 2.75) is 31.7 Å². The molecule has 0 amide bonds. The molecule has 2 N–H and O–H groups in total. The van der Waals surface area contributed by atoms with Crippen molar-refractivity contribution in [1.82, 2.24) is 10.0 Å². The summed E-state index contributed by atoms with van der Waals surface area (Å²) in [5.41, 5.74) is 3.44. The third kappa shape index (κ3) is 4.86. The Morgan fingerprint density at radius 3 is 1.49 bits per heavy atom. The Bertz CT molecular complexity index is 1120. The van der Waals surface area contributed by atoms with E-state index in [0.29, 0.717) is 0 Å². The number of hydrogen-bond donors (Lipinski definition) is 2. The van der Waals surface area contributed by atoms with Crippen LogP contribution in [0.5, 0.6) is 0 Å². The van der Waals surface area contributed by atoms with Crippen LogP contribution in [0.3, 0.4) is 0 Å². The lowest BCUT2D eigenvalue weighted by Gasteiger charge is -2.36. The minimum absolute atomic E-state index is 0.0585. The predicted octanol–water partition coefficient (Wildman–Crippen LogP) is 4.51. The molecule has 0 radical (unpaired) electrons. The van der Waals surface area contributed by atoms with Crippen LogP contribution in [-0.2, 0) is 10.3 Å². The van der Waals surface area contributed by atoms with Crippen molar-refractivity contribution in [3.05, 3.63) is 137 Å². The van der Waals surface area contributed by atoms with E-state index in [1.54, 1.807) is 12.3 Å². The number of benzene rings is 3. The predicted molar refractivity (Wildman–Crippen MR) is 133 cm³/mol. The number of pyridine rings is 1. The summed E-state index contributed by atoms with van der Waals surface area (Å²) in [6.45, 7) is 2.79. The molecule has 0 saturated heterocycles. The van der Waals surface area contributed by atoms with E-state index in [1.165, 1.54) is 13.8 Å². The lowest BCUT2D eigenvalue weighted by Crippen LogP contribution is -2.41. The largest absolute Gasteiger partial charge is 0.375 e. The molecule has 2 atom stereocenters. The van der Waals surface area contributed by atoms with Gasteiger partial charge in [0.25, 0.3) is 0 Å². The number of rotatable bonds is 8. The molecule has 2 unspecified atom stereocenters. The zero-order chi connectivity index (χ0) is 24.8. The van der Waals surface area contributed by atoms with Crippen LogP contribution in [0.15, 0.2) is 109 Å². The first-order valence-electron chi connectivity index (χ1n) is 11.4. The number of hydroxylamine groups is 2. The van der Waals surface area contributed by atoms with Crippen LogP contribution in [0, 0.1) is 0 Å². The van der Waals surface area contributed by atoms with Gasteiger partial charge < -0.3 is 15.1 Å². The molecular formula is C29H28N2O4. The van der Waals surface area contributed by atoms with E-state index in [4.69, 9.17) is 4.84 Å². The summed E-state index contributed by atoms with van der Waals surface area (Å²) in [7, 11) is 0. The lowest BCUT2D eigenvalue weighted by molar-refractivity contribution is -0.256. The molecule has 0 bridgehead atoms. The summed E-state index contributed by atoms with van der Waals surface area (Å²) < 4.78 is 0. The van der Waals surface area contributed by atoms with Crippen LogP contribution in [0.2, 0.25) is 0 Å². The molecule has 178 valence electrons. The number of carbonyl (C=O) groups is 1. The molecule has 0 saturated carbocycles. The van der Waals surface area contributed by atoms with Crippen LogP contribution in [0.1, 0.15) is 46.6 Å². The fourth-order valence-electron chi connectivity index (χ4n) is 4.41. The van der Waals surface area contributed by atoms with Crippen molar-refractivity contribution in [2.75, 3.05) is 0 Å². The molecule has 1 heterocycles. The number of hydrogen-bond acceptors (Lipinski definition) is 6.